The summed E-state index contributed by atoms with van der Waals surface area (Å²) in [6.45, 7) is 2.29. The molecule has 2 amide bonds. The van der Waals surface area contributed by atoms with Gasteiger partial charge in [-0.25, -0.2) is 0 Å². The van der Waals surface area contributed by atoms with E-state index in [-0.39, 0.29) is 18.2 Å². The Morgan fingerprint density at radius 1 is 1.12 bits per heavy atom. The topological polar surface area (TPSA) is 67.9 Å². The Kier molecular flexibility index (Phi) is 5.11. The third kappa shape index (κ3) is 3.64. The zero-order valence-corrected chi connectivity index (χ0v) is 15.1. The van der Waals surface area contributed by atoms with E-state index >= 15 is 0 Å². The van der Waals surface area contributed by atoms with Crippen LogP contribution >= 0.6 is 0 Å². The Bertz CT molecular complexity index is 817. The van der Waals surface area contributed by atoms with Gasteiger partial charge >= 0.3 is 0 Å². The van der Waals surface area contributed by atoms with E-state index in [1.54, 1.807) is 37.3 Å². The molecule has 2 aromatic rings. The quantitative estimate of drug-likeness (QED) is 0.896. The first kappa shape index (κ1) is 17.8. The lowest BCUT2D eigenvalue weighted by atomic mass is 10.1. The number of anilines is 2. The van der Waals surface area contributed by atoms with Crippen LogP contribution in [-0.2, 0) is 9.59 Å². The van der Waals surface area contributed by atoms with Crippen molar-refractivity contribution in [3.8, 4) is 11.5 Å². The molecular formula is C20H22N2O4. The van der Waals surface area contributed by atoms with Crippen LogP contribution in [-0.4, -0.2) is 32.6 Å². The van der Waals surface area contributed by atoms with Crippen LogP contribution in [0.5, 0.6) is 11.5 Å². The number of amides is 2. The minimum Gasteiger partial charge on any atom is -0.497 e. The number of hydrogen-bond acceptors (Lipinski definition) is 4. The molecule has 0 spiro atoms. The normalized spacial score (nSPS) is 16.5. The molecular weight excluding hydrogens is 332 g/mol. The Balaban J connectivity index is 1.76. The zero-order chi connectivity index (χ0) is 18.7. The highest BCUT2D eigenvalue weighted by atomic mass is 16.5. The smallest absolute Gasteiger partial charge is 0.229 e. The van der Waals surface area contributed by atoms with Crippen molar-refractivity contribution in [1.29, 1.82) is 0 Å². The van der Waals surface area contributed by atoms with Crippen LogP contribution in [0.15, 0.2) is 42.5 Å². The molecule has 1 atom stereocenters. The fraction of sp³-hybridized carbons (Fsp3) is 0.300. The SMILES string of the molecule is COc1ccc(OC)c(N2CC(C(=O)Nc3ccc(C)cc3)CC2=O)c1. The zero-order valence-electron chi connectivity index (χ0n) is 15.1. The molecule has 6 nitrogen and oxygen atoms in total. The van der Waals surface area contributed by atoms with Crippen LogP contribution in [0.3, 0.4) is 0 Å². The Labute approximate surface area is 152 Å². The van der Waals surface area contributed by atoms with Crippen LogP contribution in [0.2, 0.25) is 0 Å². The summed E-state index contributed by atoms with van der Waals surface area (Å²) in [5, 5.41) is 2.88. The molecule has 1 fully saturated rings. The van der Waals surface area contributed by atoms with Crippen LogP contribution in [0.25, 0.3) is 0 Å². The Morgan fingerprint density at radius 2 is 1.85 bits per heavy atom. The predicted octanol–water partition coefficient (Wildman–Crippen LogP) is 3.00. The molecule has 1 aliphatic rings. The summed E-state index contributed by atoms with van der Waals surface area (Å²) in [6.07, 6.45) is 0.165. The van der Waals surface area contributed by atoms with E-state index in [9.17, 15) is 9.59 Å². The maximum atomic E-state index is 12.6. The average molecular weight is 354 g/mol. The molecule has 136 valence electrons. The summed E-state index contributed by atoms with van der Waals surface area (Å²) in [5.41, 5.74) is 2.46. The molecule has 3 rings (SSSR count). The number of hydrogen-bond donors (Lipinski definition) is 1. The molecule has 0 radical (unpaired) electrons. The van der Waals surface area contributed by atoms with Gasteiger partial charge in [0.05, 0.1) is 25.8 Å². The second kappa shape index (κ2) is 7.47. The van der Waals surface area contributed by atoms with E-state index < -0.39 is 5.92 Å². The van der Waals surface area contributed by atoms with Crippen molar-refractivity contribution >= 4 is 23.2 Å². The third-order valence-electron chi connectivity index (χ3n) is 4.49. The van der Waals surface area contributed by atoms with Crippen molar-refractivity contribution < 1.29 is 19.1 Å². The van der Waals surface area contributed by atoms with Crippen LogP contribution in [0, 0.1) is 12.8 Å². The number of rotatable bonds is 5. The van der Waals surface area contributed by atoms with E-state index in [1.807, 2.05) is 31.2 Å². The molecule has 1 heterocycles. The van der Waals surface area contributed by atoms with Crippen LogP contribution in [0.4, 0.5) is 11.4 Å². The van der Waals surface area contributed by atoms with Gasteiger partial charge in [-0.1, -0.05) is 17.7 Å². The number of aryl methyl sites for hydroxylation is 1. The van der Waals surface area contributed by atoms with Gasteiger partial charge in [-0.2, -0.15) is 0 Å². The van der Waals surface area contributed by atoms with Gasteiger partial charge in [-0.3, -0.25) is 9.59 Å². The maximum absolute atomic E-state index is 12.6. The van der Waals surface area contributed by atoms with Gasteiger partial charge in [0.15, 0.2) is 0 Å². The fourth-order valence-electron chi connectivity index (χ4n) is 3.00. The lowest BCUT2D eigenvalue weighted by Crippen LogP contribution is -2.28. The molecule has 0 aliphatic carbocycles. The van der Waals surface area contributed by atoms with E-state index in [2.05, 4.69) is 5.32 Å². The molecule has 0 saturated carbocycles. The first-order valence-electron chi connectivity index (χ1n) is 8.41. The van der Waals surface area contributed by atoms with Crippen molar-refractivity contribution in [2.75, 3.05) is 31.0 Å². The van der Waals surface area contributed by atoms with Crippen molar-refractivity contribution in [2.24, 2.45) is 5.92 Å². The minimum atomic E-state index is -0.417. The number of benzene rings is 2. The molecule has 0 aromatic heterocycles. The molecule has 1 N–H and O–H groups in total. The van der Waals surface area contributed by atoms with Gasteiger partial charge < -0.3 is 19.7 Å². The number of nitrogens with zero attached hydrogens (tertiary/aromatic N) is 1. The number of carbonyl (C=O) groups is 2. The largest absolute Gasteiger partial charge is 0.497 e. The molecule has 26 heavy (non-hydrogen) atoms. The molecule has 1 aliphatic heterocycles. The van der Waals surface area contributed by atoms with Gasteiger partial charge in [0, 0.05) is 24.7 Å². The van der Waals surface area contributed by atoms with Crippen molar-refractivity contribution in [2.45, 2.75) is 13.3 Å². The first-order valence-corrected chi connectivity index (χ1v) is 8.41. The molecule has 2 aromatic carbocycles. The molecule has 6 heteroatoms. The maximum Gasteiger partial charge on any atom is 0.229 e. The summed E-state index contributed by atoms with van der Waals surface area (Å²) in [4.78, 5) is 26.6. The van der Waals surface area contributed by atoms with Crippen molar-refractivity contribution in [3.05, 3.63) is 48.0 Å². The number of ether oxygens (including phenoxy) is 2. The first-order chi connectivity index (χ1) is 12.5. The van der Waals surface area contributed by atoms with Gasteiger partial charge in [-0.05, 0) is 31.2 Å². The molecule has 1 unspecified atom stereocenters. The number of methoxy groups -OCH3 is 2. The Morgan fingerprint density at radius 3 is 2.50 bits per heavy atom. The summed E-state index contributed by atoms with van der Waals surface area (Å²) >= 11 is 0. The van der Waals surface area contributed by atoms with Crippen LogP contribution in [0.1, 0.15) is 12.0 Å². The van der Waals surface area contributed by atoms with Crippen molar-refractivity contribution in [1.82, 2.24) is 0 Å². The summed E-state index contributed by atoms with van der Waals surface area (Å²) in [7, 11) is 3.11. The standard InChI is InChI=1S/C20H22N2O4/c1-13-4-6-15(7-5-13)21-20(24)14-10-19(23)22(12-14)17-11-16(25-2)8-9-18(17)26-3/h4-9,11,14H,10,12H2,1-3H3,(H,21,24). The second-order valence-electron chi connectivity index (χ2n) is 6.30. The average Bonchev–Trinajstić information content (AvgIpc) is 3.04. The highest BCUT2D eigenvalue weighted by Crippen LogP contribution is 2.36. The second-order valence-corrected chi connectivity index (χ2v) is 6.30. The fourth-order valence-corrected chi connectivity index (χ4v) is 3.00. The monoisotopic (exact) mass is 354 g/mol. The Hall–Kier alpha value is -3.02. The van der Waals surface area contributed by atoms with Crippen molar-refractivity contribution in [3.63, 3.8) is 0 Å². The summed E-state index contributed by atoms with van der Waals surface area (Å²) < 4.78 is 10.6. The number of carbonyl (C=O) groups excluding carboxylic acids is 2. The summed E-state index contributed by atoms with van der Waals surface area (Å²) in [6, 6.07) is 12.8. The molecule has 0 bridgehead atoms. The van der Waals surface area contributed by atoms with Crippen LogP contribution < -0.4 is 19.7 Å². The lowest BCUT2D eigenvalue weighted by Gasteiger charge is -2.20. The summed E-state index contributed by atoms with van der Waals surface area (Å²) in [5.74, 6) is 0.506. The minimum absolute atomic E-state index is 0.111. The molecule has 1 saturated heterocycles. The van der Waals surface area contributed by atoms with E-state index in [1.165, 1.54) is 0 Å². The number of nitrogens with one attached hydrogen (secondary N) is 1. The van der Waals surface area contributed by atoms with Gasteiger partial charge in [-0.15, -0.1) is 0 Å². The highest BCUT2D eigenvalue weighted by Gasteiger charge is 2.36. The van der Waals surface area contributed by atoms with Gasteiger partial charge in [0.2, 0.25) is 11.8 Å². The van der Waals surface area contributed by atoms with E-state index in [0.717, 1.165) is 11.3 Å². The van der Waals surface area contributed by atoms with Gasteiger partial charge in [0.25, 0.3) is 0 Å². The lowest BCUT2D eigenvalue weighted by molar-refractivity contribution is -0.122. The van der Waals surface area contributed by atoms with E-state index in [4.69, 9.17) is 9.47 Å². The van der Waals surface area contributed by atoms with E-state index in [0.29, 0.717) is 23.7 Å². The predicted molar refractivity (Wildman–Crippen MR) is 99.8 cm³/mol. The van der Waals surface area contributed by atoms with Gasteiger partial charge in [0.1, 0.15) is 11.5 Å². The third-order valence-corrected chi connectivity index (χ3v) is 4.49. The highest BCUT2D eigenvalue weighted by molar-refractivity contribution is 6.04.